The molecule has 0 aliphatic carbocycles. The van der Waals surface area contributed by atoms with E-state index in [1.165, 1.54) is 0 Å². The summed E-state index contributed by atoms with van der Waals surface area (Å²) in [4.78, 5) is 25.0. The van der Waals surface area contributed by atoms with Crippen LogP contribution in [0.3, 0.4) is 0 Å². The van der Waals surface area contributed by atoms with Crippen molar-refractivity contribution in [3.05, 3.63) is 0 Å². The number of piperazine rings is 1. The second kappa shape index (κ2) is 7.45. The van der Waals surface area contributed by atoms with Crippen molar-refractivity contribution in [3.8, 4) is 0 Å². The number of carboxylic acids is 1. The highest BCUT2D eigenvalue weighted by molar-refractivity contribution is 5.82. The summed E-state index contributed by atoms with van der Waals surface area (Å²) in [7, 11) is 0. The van der Waals surface area contributed by atoms with Gasteiger partial charge in [-0.2, -0.15) is 0 Å². The molecule has 6 nitrogen and oxygen atoms in total. The Morgan fingerprint density at radius 2 is 2.11 bits per heavy atom. The number of rotatable bonds is 6. The zero-order valence-corrected chi connectivity index (χ0v) is 12.0. The highest BCUT2D eigenvalue weighted by Gasteiger charge is 2.34. The molecule has 1 rings (SSSR count). The highest BCUT2D eigenvalue weighted by atomic mass is 16.4. The second-order valence-electron chi connectivity index (χ2n) is 5.45. The van der Waals surface area contributed by atoms with Crippen LogP contribution in [0.5, 0.6) is 0 Å². The first-order valence-electron chi connectivity index (χ1n) is 6.90. The number of carbonyl (C=O) groups is 2. The SMILES string of the molecule is CC(C)CCNC(=O)C(C)N1CCNCC1C(=O)O. The first-order valence-corrected chi connectivity index (χ1v) is 6.90. The first kappa shape index (κ1) is 15.9. The number of nitrogens with one attached hydrogen (secondary N) is 2. The largest absolute Gasteiger partial charge is 0.480 e. The van der Waals surface area contributed by atoms with Crippen LogP contribution in [0, 0.1) is 5.92 Å². The van der Waals surface area contributed by atoms with Crippen molar-refractivity contribution < 1.29 is 14.7 Å². The molecule has 1 amide bonds. The van der Waals surface area contributed by atoms with E-state index in [9.17, 15) is 14.7 Å². The van der Waals surface area contributed by atoms with Gasteiger partial charge in [0, 0.05) is 26.2 Å². The molecular weight excluding hydrogens is 246 g/mol. The van der Waals surface area contributed by atoms with Gasteiger partial charge in [0.25, 0.3) is 0 Å². The Labute approximate surface area is 114 Å². The summed E-state index contributed by atoms with van der Waals surface area (Å²) in [5.74, 6) is -0.426. The summed E-state index contributed by atoms with van der Waals surface area (Å²) in [5.41, 5.74) is 0. The fourth-order valence-corrected chi connectivity index (χ4v) is 2.20. The van der Waals surface area contributed by atoms with Crippen molar-refractivity contribution in [1.82, 2.24) is 15.5 Å². The first-order chi connectivity index (χ1) is 8.93. The Hall–Kier alpha value is -1.14. The molecule has 0 aromatic rings. The Morgan fingerprint density at radius 3 is 2.68 bits per heavy atom. The smallest absolute Gasteiger partial charge is 0.322 e. The highest BCUT2D eigenvalue weighted by Crippen LogP contribution is 2.09. The molecule has 1 saturated heterocycles. The zero-order valence-electron chi connectivity index (χ0n) is 12.0. The van der Waals surface area contributed by atoms with Crippen LogP contribution in [0.25, 0.3) is 0 Å². The number of aliphatic carboxylic acids is 1. The van der Waals surface area contributed by atoms with Gasteiger partial charge >= 0.3 is 5.97 Å². The topological polar surface area (TPSA) is 81.7 Å². The van der Waals surface area contributed by atoms with Crippen molar-refractivity contribution in [2.75, 3.05) is 26.2 Å². The second-order valence-corrected chi connectivity index (χ2v) is 5.45. The van der Waals surface area contributed by atoms with E-state index < -0.39 is 18.1 Å². The standard InChI is InChI=1S/C13H25N3O3/c1-9(2)4-5-15-12(17)10(3)16-7-6-14-8-11(16)13(18)19/h9-11,14H,4-8H2,1-3H3,(H,15,17)(H,18,19). The average molecular weight is 271 g/mol. The molecule has 0 bridgehead atoms. The van der Waals surface area contributed by atoms with E-state index in [0.29, 0.717) is 32.1 Å². The van der Waals surface area contributed by atoms with Gasteiger partial charge in [-0.25, -0.2) is 0 Å². The van der Waals surface area contributed by atoms with Gasteiger partial charge in [0.15, 0.2) is 0 Å². The molecule has 19 heavy (non-hydrogen) atoms. The Bertz CT molecular complexity index is 320. The van der Waals surface area contributed by atoms with Gasteiger partial charge in [-0.1, -0.05) is 13.8 Å². The fraction of sp³-hybridized carbons (Fsp3) is 0.846. The average Bonchev–Trinajstić information content (AvgIpc) is 2.37. The molecule has 1 aliphatic rings. The van der Waals surface area contributed by atoms with E-state index in [1.807, 2.05) is 0 Å². The van der Waals surface area contributed by atoms with Crippen LogP contribution in [0.4, 0.5) is 0 Å². The monoisotopic (exact) mass is 271 g/mol. The Kier molecular flexibility index (Phi) is 6.24. The lowest BCUT2D eigenvalue weighted by atomic mass is 10.1. The Balaban J connectivity index is 2.51. The summed E-state index contributed by atoms with van der Waals surface area (Å²) >= 11 is 0. The third-order valence-corrected chi connectivity index (χ3v) is 3.47. The molecule has 0 aromatic carbocycles. The van der Waals surface area contributed by atoms with Gasteiger partial charge in [-0.15, -0.1) is 0 Å². The summed E-state index contributed by atoms with van der Waals surface area (Å²) in [6.07, 6.45) is 0.933. The minimum Gasteiger partial charge on any atom is -0.480 e. The molecule has 0 saturated carbocycles. The van der Waals surface area contributed by atoms with Gasteiger partial charge in [0.05, 0.1) is 6.04 Å². The molecule has 0 spiro atoms. The van der Waals surface area contributed by atoms with E-state index in [1.54, 1.807) is 11.8 Å². The van der Waals surface area contributed by atoms with Crippen molar-refractivity contribution in [1.29, 1.82) is 0 Å². The number of amides is 1. The van der Waals surface area contributed by atoms with E-state index in [-0.39, 0.29) is 5.91 Å². The minimum atomic E-state index is -0.881. The van der Waals surface area contributed by atoms with Gasteiger partial charge in [-0.3, -0.25) is 14.5 Å². The molecule has 1 aliphatic heterocycles. The molecule has 0 radical (unpaired) electrons. The Morgan fingerprint density at radius 1 is 1.42 bits per heavy atom. The summed E-state index contributed by atoms with van der Waals surface area (Å²) < 4.78 is 0. The van der Waals surface area contributed by atoms with Crippen molar-refractivity contribution >= 4 is 11.9 Å². The van der Waals surface area contributed by atoms with Crippen LogP contribution in [0.15, 0.2) is 0 Å². The zero-order chi connectivity index (χ0) is 14.4. The molecule has 2 unspecified atom stereocenters. The predicted octanol–water partition coefficient (Wildman–Crippen LogP) is -0.104. The molecule has 0 aromatic heterocycles. The third kappa shape index (κ3) is 4.80. The molecule has 110 valence electrons. The molecule has 3 N–H and O–H groups in total. The molecule has 1 heterocycles. The summed E-state index contributed by atoms with van der Waals surface area (Å²) in [6, 6.07) is -1.03. The van der Waals surface area contributed by atoms with Crippen LogP contribution in [0.2, 0.25) is 0 Å². The van der Waals surface area contributed by atoms with Crippen LogP contribution < -0.4 is 10.6 Å². The number of carbonyl (C=O) groups excluding carboxylic acids is 1. The number of nitrogens with zero attached hydrogens (tertiary/aromatic N) is 1. The maximum Gasteiger partial charge on any atom is 0.322 e. The molecule has 6 heteroatoms. The van der Waals surface area contributed by atoms with Crippen LogP contribution in [-0.4, -0.2) is 60.1 Å². The van der Waals surface area contributed by atoms with Gasteiger partial charge in [0.2, 0.25) is 5.91 Å². The van der Waals surface area contributed by atoms with E-state index >= 15 is 0 Å². The quantitative estimate of drug-likeness (QED) is 0.628. The molecule has 1 fully saturated rings. The molecule has 2 atom stereocenters. The predicted molar refractivity (Wildman–Crippen MR) is 72.9 cm³/mol. The molecular formula is C13H25N3O3. The van der Waals surface area contributed by atoms with Crippen LogP contribution in [0.1, 0.15) is 27.2 Å². The van der Waals surface area contributed by atoms with Crippen molar-refractivity contribution in [3.63, 3.8) is 0 Å². The van der Waals surface area contributed by atoms with E-state index in [4.69, 9.17) is 0 Å². The van der Waals surface area contributed by atoms with Crippen LogP contribution in [-0.2, 0) is 9.59 Å². The maximum absolute atomic E-state index is 12.0. The van der Waals surface area contributed by atoms with Crippen molar-refractivity contribution in [2.24, 2.45) is 5.92 Å². The fourth-order valence-electron chi connectivity index (χ4n) is 2.20. The lowest BCUT2D eigenvalue weighted by Crippen LogP contribution is -2.60. The van der Waals surface area contributed by atoms with E-state index in [0.717, 1.165) is 6.42 Å². The summed E-state index contributed by atoms with van der Waals surface area (Å²) in [5, 5.41) is 15.1. The number of hydrogen-bond acceptors (Lipinski definition) is 4. The maximum atomic E-state index is 12.0. The van der Waals surface area contributed by atoms with E-state index in [2.05, 4.69) is 24.5 Å². The van der Waals surface area contributed by atoms with Gasteiger partial charge in [-0.05, 0) is 19.3 Å². The number of carboxylic acid groups (broad SMARTS) is 1. The van der Waals surface area contributed by atoms with Gasteiger partial charge < -0.3 is 15.7 Å². The summed E-state index contributed by atoms with van der Waals surface area (Å²) in [6.45, 7) is 8.30. The number of hydrogen-bond donors (Lipinski definition) is 3. The van der Waals surface area contributed by atoms with Gasteiger partial charge in [0.1, 0.15) is 6.04 Å². The lowest BCUT2D eigenvalue weighted by molar-refractivity contribution is -0.146. The normalized spacial score (nSPS) is 22.2. The van der Waals surface area contributed by atoms with Crippen molar-refractivity contribution in [2.45, 2.75) is 39.3 Å². The van der Waals surface area contributed by atoms with Crippen LogP contribution >= 0.6 is 0 Å². The minimum absolute atomic E-state index is 0.0891. The lowest BCUT2D eigenvalue weighted by Gasteiger charge is -2.37. The third-order valence-electron chi connectivity index (χ3n) is 3.47.